The number of carboxylic acids is 1. The van der Waals surface area contributed by atoms with Crippen LogP contribution in [0.4, 0.5) is 0 Å². The van der Waals surface area contributed by atoms with Crippen molar-refractivity contribution in [2.75, 3.05) is 19.8 Å². The Morgan fingerprint density at radius 2 is 1.68 bits per heavy atom. The Hall–Kier alpha value is -3.87. The lowest BCUT2D eigenvalue weighted by Crippen LogP contribution is -2.13. The van der Waals surface area contributed by atoms with Crippen molar-refractivity contribution < 1.29 is 33.7 Å². The van der Waals surface area contributed by atoms with E-state index in [9.17, 15) is 14.4 Å². The number of carbonyl (C=O) groups is 3. The zero-order valence-electron chi connectivity index (χ0n) is 19.9. The van der Waals surface area contributed by atoms with E-state index in [2.05, 4.69) is 0 Å². The molecular formula is C27H30O7. The third-order valence-corrected chi connectivity index (χ3v) is 4.59. The molecule has 0 saturated heterocycles. The number of hydrogen-bond donors (Lipinski definition) is 1. The third kappa shape index (κ3) is 8.94. The summed E-state index contributed by atoms with van der Waals surface area (Å²) >= 11 is 0. The number of aliphatic carboxylic acids is 1. The second-order valence-electron chi connectivity index (χ2n) is 8.08. The molecule has 1 aliphatic carbocycles. The maximum absolute atomic E-state index is 12.8. The third-order valence-electron chi connectivity index (χ3n) is 4.59. The summed E-state index contributed by atoms with van der Waals surface area (Å²) in [5.74, 6) is -1.41. The average Bonchev–Trinajstić information content (AvgIpc) is 2.76. The van der Waals surface area contributed by atoms with Crippen LogP contribution < -0.4 is 9.47 Å². The lowest BCUT2D eigenvalue weighted by atomic mass is 9.97. The van der Waals surface area contributed by atoms with Crippen molar-refractivity contribution in [2.24, 2.45) is 5.92 Å². The quantitative estimate of drug-likeness (QED) is 0.267. The maximum Gasteiger partial charge on any atom is 0.341 e. The summed E-state index contributed by atoms with van der Waals surface area (Å²) < 4.78 is 16.4. The first-order valence-corrected chi connectivity index (χ1v) is 10.8. The van der Waals surface area contributed by atoms with Crippen molar-refractivity contribution in [1.29, 1.82) is 0 Å². The Bertz CT molecular complexity index is 1060. The van der Waals surface area contributed by atoms with Gasteiger partial charge in [-0.25, -0.2) is 4.79 Å². The number of ether oxygens (including phenoxy) is 3. The highest BCUT2D eigenvalue weighted by atomic mass is 16.5. The fourth-order valence-electron chi connectivity index (χ4n) is 2.77. The average molecular weight is 467 g/mol. The van der Waals surface area contributed by atoms with Crippen LogP contribution in [-0.4, -0.2) is 42.5 Å². The predicted molar refractivity (Wildman–Crippen MR) is 129 cm³/mol. The van der Waals surface area contributed by atoms with Crippen LogP contribution in [0.15, 0.2) is 77.6 Å². The van der Waals surface area contributed by atoms with Crippen molar-refractivity contribution in [1.82, 2.24) is 0 Å². The van der Waals surface area contributed by atoms with E-state index in [-0.39, 0.29) is 17.1 Å². The van der Waals surface area contributed by atoms with Crippen LogP contribution in [0.2, 0.25) is 0 Å². The maximum atomic E-state index is 12.8. The van der Waals surface area contributed by atoms with E-state index in [1.54, 1.807) is 18.2 Å². The van der Waals surface area contributed by atoms with Crippen LogP contribution in [-0.2, 0) is 14.3 Å². The molecule has 7 nitrogen and oxygen atoms in total. The molecule has 2 rings (SSSR count). The minimum absolute atomic E-state index is 0.0899. The molecule has 0 aliphatic heterocycles. The first-order valence-electron chi connectivity index (χ1n) is 10.8. The van der Waals surface area contributed by atoms with Crippen molar-refractivity contribution in [3.8, 4) is 11.5 Å². The number of benzene rings is 1. The van der Waals surface area contributed by atoms with Gasteiger partial charge in [0, 0.05) is 12.1 Å². The molecule has 0 heterocycles. The highest BCUT2D eigenvalue weighted by molar-refractivity contribution is 6.07. The molecule has 1 unspecified atom stereocenters. The summed E-state index contributed by atoms with van der Waals surface area (Å²) in [6, 6.07) is 4.60. The van der Waals surface area contributed by atoms with Crippen LogP contribution in [0.25, 0.3) is 0 Å². The molecular weight excluding hydrogens is 436 g/mol. The summed E-state index contributed by atoms with van der Waals surface area (Å²) in [6.45, 7) is 7.90. The number of hydrogen-bond acceptors (Lipinski definition) is 6. The van der Waals surface area contributed by atoms with Crippen LogP contribution in [0.1, 0.15) is 38.1 Å². The van der Waals surface area contributed by atoms with Gasteiger partial charge in [-0.1, -0.05) is 23.3 Å². The summed E-state index contributed by atoms with van der Waals surface area (Å²) in [5.41, 5.74) is 2.37. The van der Waals surface area contributed by atoms with Crippen molar-refractivity contribution in [3.63, 3.8) is 0 Å². The Morgan fingerprint density at radius 1 is 1.00 bits per heavy atom. The Labute approximate surface area is 199 Å². The molecule has 0 aromatic heterocycles. The smallest absolute Gasteiger partial charge is 0.341 e. The molecule has 0 radical (unpaired) electrons. The lowest BCUT2D eigenvalue weighted by Gasteiger charge is -2.13. The SMILES string of the molecule is CC(C)=CCOC1=CC(=O)C(C=CC(=O)c2ccc(OCC=C(C)C)cc2OCC(=O)O)C=C1. The predicted octanol–water partition coefficient (Wildman–Crippen LogP) is 4.86. The first-order chi connectivity index (χ1) is 16.2. The van der Waals surface area contributed by atoms with Crippen molar-refractivity contribution in [3.05, 3.63) is 83.2 Å². The molecule has 0 fully saturated rings. The molecule has 1 aliphatic rings. The van der Waals surface area contributed by atoms with Gasteiger partial charge in [0.1, 0.15) is 30.5 Å². The van der Waals surface area contributed by atoms with E-state index in [1.807, 2.05) is 39.8 Å². The van der Waals surface area contributed by atoms with E-state index in [0.717, 1.165) is 11.1 Å². The van der Waals surface area contributed by atoms with Crippen LogP contribution >= 0.6 is 0 Å². The zero-order valence-corrected chi connectivity index (χ0v) is 19.9. The van der Waals surface area contributed by atoms with Gasteiger partial charge in [0.2, 0.25) is 0 Å². The summed E-state index contributed by atoms with van der Waals surface area (Å²) in [7, 11) is 0. The molecule has 0 spiro atoms. The molecule has 0 bridgehead atoms. The molecule has 0 saturated carbocycles. The number of carboxylic acid groups (broad SMARTS) is 1. The Morgan fingerprint density at radius 3 is 2.29 bits per heavy atom. The summed E-state index contributed by atoms with van der Waals surface area (Å²) in [4.78, 5) is 36.1. The van der Waals surface area contributed by atoms with Crippen LogP contribution in [0.5, 0.6) is 11.5 Å². The van der Waals surface area contributed by atoms with Gasteiger partial charge in [0.25, 0.3) is 0 Å². The van der Waals surface area contributed by atoms with Gasteiger partial charge < -0.3 is 19.3 Å². The van der Waals surface area contributed by atoms with E-state index < -0.39 is 24.3 Å². The van der Waals surface area contributed by atoms with E-state index in [0.29, 0.717) is 24.7 Å². The van der Waals surface area contributed by atoms with Crippen molar-refractivity contribution in [2.45, 2.75) is 27.7 Å². The summed E-state index contributed by atoms with van der Waals surface area (Å²) in [6.07, 6.45) is 11.3. The fraction of sp³-hybridized carbons (Fsp3) is 0.296. The van der Waals surface area contributed by atoms with Crippen LogP contribution in [0, 0.1) is 5.92 Å². The topological polar surface area (TPSA) is 99.1 Å². The molecule has 1 aromatic rings. The number of rotatable bonds is 12. The van der Waals surface area contributed by atoms with E-state index in [1.165, 1.54) is 30.4 Å². The van der Waals surface area contributed by atoms with Crippen molar-refractivity contribution >= 4 is 17.5 Å². The summed E-state index contributed by atoms with van der Waals surface area (Å²) in [5, 5.41) is 8.95. The minimum atomic E-state index is -1.17. The monoisotopic (exact) mass is 466 g/mol. The highest BCUT2D eigenvalue weighted by Gasteiger charge is 2.18. The molecule has 7 heteroatoms. The van der Waals surface area contributed by atoms with Gasteiger partial charge in [-0.3, -0.25) is 9.59 Å². The second kappa shape index (κ2) is 13.0. The first kappa shape index (κ1) is 26.4. The van der Waals surface area contributed by atoms with E-state index in [4.69, 9.17) is 19.3 Å². The standard InChI is InChI=1S/C27H30O7/c1-18(2)11-13-32-21-7-5-20(25(29)15-21)6-10-24(28)23-9-8-22(33-14-12-19(3)4)16-26(23)34-17-27(30)31/h5-12,15-16,20H,13-14,17H2,1-4H3,(H,30,31). The van der Waals surface area contributed by atoms with Gasteiger partial charge in [0.15, 0.2) is 18.2 Å². The molecule has 180 valence electrons. The van der Waals surface area contributed by atoms with Gasteiger partial charge in [-0.15, -0.1) is 0 Å². The largest absolute Gasteiger partial charge is 0.489 e. The molecule has 1 N–H and O–H groups in total. The lowest BCUT2D eigenvalue weighted by molar-refractivity contribution is -0.139. The zero-order chi connectivity index (χ0) is 25.1. The molecule has 0 amide bonds. The van der Waals surface area contributed by atoms with Gasteiger partial charge in [-0.2, -0.15) is 0 Å². The molecule has 34 heavy (non-hydrogen) atoms. The second-order valence-corrected chi connectivity index (χ2v) is 8.08. The molecule has 1 aromatic carbocycles. The van der Waals surface area contributed by atoms with E-state index >= 15 is 0 Å². The highest BCUT2D eigenvalue weighted by Crippen LogP contribution is 2.26. The molecule has 1 atom stereocenters. The fourth-order valence-corrected chi connectivity index (χ4v) is 2.77. The Balaban J connectivity index is 2.11. The minimum Gasteiger partial charge on any atom is -0.489 e. The Kier molecular flexibility index (Phi) is 10.1. The van der Waals surface area contributed by atoms with Gasteiger partial charge in [-0.05, 0) is 64.1 Å². The van der Waals surface area contributed by atoms with Gasteiger partial charge >= 0.3 is 5.97 Å². The number of ketones is 2. The van der Waals surface area contributed by atoms with Crippen LogP contribution in [0.3, 0.4) is 0 Å². The number of carbonyl (C=O) groups excluding carboxylic acids is 2. The van der Waals surface area contributed by atoms with Gasteiger partial charge in [0.05, 0.1) is 11.5 Å². The normalized spacial score (nSPS) is 14.9. The number of allylic oxidation sites excluding steroid dienone is 7.